The number of carbonyl (C=O) groups is 1. The molecule has 5 rings (SSSR count). The fourth-order valence-corrected chi connectivity index (χ4v) is 4.74. The Bertz CT molecular complexity index is 1750. The van der Waals surface area contributed by atoms with Gasteiger partial charge in [0.1, 0.15) is 17.3 Å². The Kier molecular flexibility index (Phi) is 6.46. The topological polar surface area (TPSA) is 71.1 Å². The maximum Gasteiger partial charge on any atom is 0.416 e. The third kappa shape index (κ3) is 4.76. The number of alkyl halides is 3. The fraction of sp³-hybridized carbons (Fsp3) is 0.0714. The summed E-state index contributed by atoms with van der Waals surface area (Å²) in [5, 5.41) is 6.07. The summed E-state index contributed by atoms with van der Waals surface area (Å²) >= 11 is 6.35. The minimum absolute atomic E-state index is 0.0251. The number of hydrogen-bond donors (Lipinski definition) is 2. The molecule has 0 bridgehead atoms. The largest absolute Gasteiger partial charge is 0.416 e. The van der Waals surface area contributed by atoms with Gasteiger partial charge in [0.2, 0.25) is 0 Å². The molecule has 1 unspecified atom stereocenters. The van der Waals surface area contributed by atoms with Crippen LogP contribution in [-0.2, 0) is 11.0 Å². The van der Waals surface area contributed by atoms with E-state index in [9.17, 15) is 31.5 Å². The third-order valence-electron chi connectivity index (χ3n) is 6.20. The molecular weight excluding hydrogens is 541 g/mol. The first-order chi connectivity index (χ1) is 18.5. The number of nitrogens with one attached hydrogen (secondary N) is 2. The maximum atomic E-state index is 14.2. The van der Waals surface area contributed by atoms with Crippen molar-refractivity contribution in [3.05, 3.63) is 111 Å². The average Bonchev–Trinajstić information content (AvgIpc) is 3.29. The van der Waals surface area contributed by atoms with E-state index >= 15 is 0 Å². The van der Waals surface area contributed by atoms with Crippen molar-refractivity contribution in [3.8, 4) is 0 Å². The molecule has 0 spiro atoms. The van der Waals surface area contributed by atoms with Gasteiger partial charge in [-0.3, -0.25) is 4.79 Å². The van der Waals surface area contributed by atoms with Crippen LogP contribution in [0, 0.1) is 11.6 Å². The number of amides is 1. The lowest BCUT2D eigenvalue weighted by Gasteiger charge is -2.19. The van der Waals surface area contributed by atoms with Crippen LogP contribution in [0.5, 0.6) is 0 Å². The summed E-state index contributed by atoms with van der Waals surface area (Å²) in [6, 6.07) is 8.86. The van der Waals surface area contributed by atoms with Crippen LogP contribution in [-0.4, -0.2) is 16.8 Å². The molecule has 39 heavy (non-hydrogen) atoms. The molecule has 1 aliphatic rings. The van der Waals surface area contributed by atoms with Crippen LogP contribution < -0.4 is 10.6 Å². The molecule has 1 aliphatic heterocycles. The van der Waals surface area contributed by atoms with Crippen LogP contribution >= 0.6 is 11.6 Å². The molecule has 4 aromatic rings. The summed E-state index contributed by atoms with van der Waals surface area (Å²) in [5.41, 5.74) is -0.411. The lowest BCUT2D eigenvalue weighted by Crippen LogP contribution is -2.18. The van der Waals surface area contributed by atoms with Crippen LogP contribution in [0.15, 0.2) is 61.2 Å². The molecule has 5 nitrogen and oxygen atoms in total. The van der Waals surface area contributed by atoms with Crippen molar-refractivity contribution >= 4 is 51.8 Å². The predicted molar refractivity (Wildman–Crippen MR) is 137 cm³/mol. The molecule has 0 saturated carbocycles. The molecule has 1 amide bonds. The second kappa shape index (κ2) is 9.65. The minimum atomic E-state index is -4.89. The molecule has 11 heteroatoms. The van der Waals surface area contributed by atoms with Gasteiger partial charge in [0.05, 0.1) is 22.8 Å². The van der Waals surface area contributed by atoms with Crippen LogP contribution in [0.2, 0.25) is 5.02 Å². The molecule has 1 aromatic heterocycles. The quantitative estimate of drug-likeness (QED) is 0.211. The van der Waals surface area contributed by atoms with Crippen molar-refractivity contribution in [1.29, 1.82) is 0 Å². The van der Waals surface area contributed by atoms with E-state index in [4.69, 9.17) is 11.6 Å². The Morgan fingerprint density at radius 1 is 1.08 bits per heavy atom. The van der Waals surface area contributed by atoms with Crippen molar-refractivity contribution in [3.63, 3.8) is 0 Å². The number of halogens is 6. The second-order valence-corrected chi connectivity index (χ2v) is 9.03. The molecule has 196 valence electrons. The predicted octanol–water partition coefficient (Wildman–Crippen LogP) is 6.95. The molecular formula is C28H15ClF5N3O2. The highest BCUT2D eigenvalue weighted by Crippen LogP contribution is 2.46. The molecule has 0 fully saturated rings. The molecule has 0 saturated heterocycles. The number of pyridine rings is 1. The van der Waals surface area contributed by atoms with Crippen LogP contribution in [0.3, 0.4) is 0 Å². The van der Waals surface area contributed by atoms with Gasteiger partial charge in [-0.05, 0) is 60.7 Å². The zero-order valence-electron chi connectivity index (χ0n) is 19.6. The molecule has 0 radical (unpaired) electrons. The first kappa shape index (κ1) is 26.1. The lowest BCUT2D eigenvalue weighted by atomic mass is 9.93. The fourth-order valence-electron chi connectivity index (χ4n) is 4.51. The summed E-state index contributed by atoms with van der Waals surface area (Å²) < 4.78 is 68.0. The number of aromatic nitrogens is 1. The number of hydrogen-bond acceptors (Lipinski definition) is 4. The molecule has 3 aromatic carbocycles. The van der Waals surface area contributed by atoms with E-state index < -0.39 is 40.9 Å². The summed E-state index contributed by atoms with van der Waals surface area (Å²) in [6.07, 6.45) is -3.42. The number of nitrogens with zero attached hydrogens (tertiary/aromatic N) is 1. The van der Waals surface area contributed by atoms with E-state index in [1.807, 2.05) is 0 Å². The van der Waals surface area contributed by atoms with Crippen molar-refractivity contribution in [2.45, 2.75) is 12.2 Å². The second-order valence-electron chi connectivity index (χ2n) is 8.62. The van der Waals surface area contributed by atoms with E-state index in [1.54, 1.807) is 18.1 Å². The molecule has 0 aliphatic carbocycles. The van der Waals surface area contributed by atoms with E-state index in [2.05, 4.69) is 22.2 Å². The Morgan fingerprint density at radius 3 is 2.54 bits per heavy atom. The van der Waals surface area contributed by atoms with Gasteiger partial charge >= 0.3 is 6.18 Å². The zero-order valence-corrected chi connectivity index (χ0v) is 20.3. The standard InChI is InChI=1S/C28H15ClF5N3O2/c1-2-17-4-5-18-21(35-17)11-22(37-27(39)13-7-14(28(32,33)34)9-16(31)8-13)25-24(18)23(12-38)36-26(25)19-10-15(30)3-6-20(19)29/h2-11,26,36H,1H2,(H,37,39). The third-order valence-corrected chi connectivity index (χ3v) is 6.54. The van der Waals surface area contributed by atoms with Gasteiger partial charge in [0, 0.05) is 38.4 Å². The number of carbonyl (C=O) groups excluding carboxylic acids is 2. The summed E-state index contributed by atoms with van der Waals surface area (Å²) in [5.74, 6) is -1.14. The molecule has 2 heterocycles. The van der Waals surface area contributed by atoms with E-state index in [1.165, 1.54) is 18.2 Å². The van der Waals surface area contributed by atoms with Crippen molar-refractivity contribution in [1.82, 2.24) is 10.3 Å². The Hall–Kier alpha value is -4.53. The van der Waals surface area contributed by atoms with E-state index in [-0.39, 0.29) is 39.2 Å². The Morgan fingerprint density at radius 2 is 1.85 bits per heavy atom. The Balaban J connectivity index is 1.74. The highest BCUT2D eigenvalue weighted by atomic mass is 35.5. The van der Waals surface area contributed by atoms with Crippen molar-refractivity contribution in [2.75, 3.05) is 5.32 Å². The highest BCUT2D eigenvalue weighted by Gasteiger charge is 2.36. The zero-order chi connectivity index (χ0) is 28.1. The van der Waals surface area contributed by atoms with E-state index in [0.717, 1.165) is 12.1 Å². The normalized spacial score (nSPS) is 14.5. The highest BCUT2D eigenvalue weighted by molar-refractivity contribution is 6.31. The van der Waals surface area contributed by atoms with Gasteiger partial charge in [-0.15, -0.1) is 0 Å². The first-order valence-corrected chi connectivity index (χ1v) is 11.6. The van der Waals surface area contributed by atoms with Crippen molar-refractivity contribution in [2.24, 2.45) is 0 Å². The van der Waals surface area contributed by atoms with Crippen molar-refractivity contribution < 1.29 is 31.5 Å². The minimum Gasteiger partial charge on any atom is -0.364 e. The Labute approximate surface area is 222 Å². The lowest BCUT2D eigenvalue weighted by molar-refractivity contribution is -0.137. The summed E-state index contributed by atoms with van der Waals surface area (Å²) in [7, 11) is 0. The van der Waals surface area contributed by atoms with Gasteiger partial charge in [-0.25, -0.2) is 18.6 Å². The smallest absolute Gasteiger partial charge is 0.364 e. The summed E-state index contributed by atoms with van der Waals surface area (Å²) in [4.78, 5) is 29.6. The maximum absolute atomic E-state index is 14.2. The van der Waals surface area contributed by atoms with Gasteiger partial charge in [0.25, 0.3) is 5.91 Å². The van der Waals surface area contributed by atoms with E-state index in [0.29, 0.717) is 28.7 Å². The summed E-state index contributed by atoms with van der Waals surface area (Å²) in [6.45, 7) is 3.67. The number of anilines is 1. The molecule has 1 atom stereocenters. The van der Waals surface area contributed by atoms with Gasteiger partial charge < -0.3 is 10.6 Å². The number of fused-ring (bicyclic) bond motifs is 3. The van der Waals surface area contributed by atoms with Crippen LogP contribution in [0.4, 0.5) is 27.6 Å². The van der Waals surface area contributed by atoms with Crippen LogP contribution in [0.1, 0.15) is 44.3 Å². The van der Waals surface area contributed by atoms with Crippen LogP contribution in [0.25, 0.3) is 22.7 Å². The van der Waals surface area contributed by atoms with Gasteiger partial charge in [-0.1, -0.05) is 18.2 Å². The SMILES string of the molecule is C=Cc1ccc2c3c(c(NC(=O)c4cc(F)cc(C(F)(F)F)c4)cc2n1)C(c1cc(F)ccc1Cl)NC3=C=O. The average molecular weight is 556 g/mol. The van der Waals surface area contributed by atoms with Gasteiger partial charge in [0.15, 0.2) is 5.94 Å². The monoisotopic (exact) mass is 555 g/mol. The first-order valence-electron chi connectivity index (χ1n) is 11.3. The van der Waals surface area contributed by atoms with Gasteiger partial charge in [-0.2, -0.15) is 13.2 Å². The number of rotatable bonds is 4. The number of benzene rings is 3. The molecule has 2 N–H and O–H groups in total.